The Morgan fingerprint density at radius 3 is 2.52 bits per heavy atom. The zero-order valence-electron chi connectivity index (χ0n) is 14.2. The highest BCUT2D eigenvalue weighted by molar-refractivity contribution is 7.89. The van der Waals surface area contributed by atoms with Gasteiger partial charge in [-0.15, -0.1) is 0 Å². The first-order chi connectivity index (χ1) is 12.0. The van der Waals surface area contributed by atoms with Crippen LogP contribution in [0, 0.1) is 0 Å². The maximum Gasteiger partial charge on any atom is 0.240 e. The summed E-state index contributed by atoms with van der Waals surface area (Å²) < 4.78 is 31.7. The summed E-state index contributed by atoms with van der Waals surface area (Å²) >= 11 is 0. The van der Waals surface area contributed by atoms with E-state index in [1.165, 1.54) is 30.3 Å². The molecule has 25 heavy (non-hydrogen) atoms. The maximum atomic E-state index is 12.2. The second-order valence-corrected chi connectivity index (χ2v) is 7.16. The van der Waals surface area contributed by atoms with Gasteiger partial charge in [0.25, 0.3) is 0 Å². The molecular formula is C19H21NO4S. The van der Waals surface area contributed by atoms with Crippen LogP contribution in [-0.2, 0) is 10.0 Å². The molecular weight excluding hydrogens is 338 g/mol. The van der Waals surface area contributed by atoms with Gasteiger partial charge in [0.05, 0.1) is 12.0 Å². The van der Waals surface area contributed by atoms with E-state index in [1.54, 1.807) is 13.2 Å². The van der Waals surface area contributed by atoms with Gasteiger partial charge in [0, 0.05) is 12.1 Å². The van der Waals surface area contributed by atoms with Gasteiger partial charge in [-0.3, -0.25) is 4.79 Å². The molecule has 0 aliphatic heterocycles. The summed E-state index contributed by atoms with van der Waals surface area (Å²) in [6.07, 6.45) is 3.86. The van der Waals surface area contributed by atoms with E-state index in [1.807, 2.05) is 31.2 Å². The van der Waals surface area contributed by atoms with Crippen molar-refractivity contribution in [2.24, 2.45) is 0 Å². The third-order valence-electron chi connectivity index (χ3n) is 3.51. The Labute approximate surface area is 148 Å². The Bertz CT molecular complexity index is 855. The molecule has 0 saturated carbocycles. The zero-order chi connectivity index (χ0) is 18.3. The van der Waals surface area contributed by atoms with Gasteiger partial charge in [-0.25, -0.2) is 13.1 Å². The van der Waals surface area contributed by atoms with Crippen LogP contribution < -0.4 is 9.46 Å². The van der Waals surface area contributed by atoms with E-state index in [0.29, 0.717) is 24.3 Å². The molecule has 0 aliphatic rings. The number of nitrogens with one attached hydrogen (secondary N) is 1. The highest BCUT2D eigenvalue weighted by Gasteiger charge is 2.13. The minimum atomic E-state index is -3.52. The van der Waals surface area contributed by atoms with Crippen LogP contribution in [0.4, 0.5) is 0 Å². The summed E-state index contributed by atoms with van der Waals surface area (Å²) in [6, 6.07) is 13.2. The topological polar surface area (TPSA) is 72.5 Å². The normalized spacial score (nSPS) is 11.6. The van der Waals surface area contributed by atoms with Gasteiger partial charge in [0.15, 0.2) is 5.78 Å². The highest BCUT2D eigenvalue weighted by Crippen LogP contribution is 2.15. The summed E-state index contributed by atoms with van der Waals surface area (Å²) in [4.78, 5) is 12.4. The molecule has 5 nitrogen and oxygen atoms in total. The van der Waals surface area contributed by atoms with E-state index >= 15 is 0 Å². The summed E-state index contributed by atoms with van der Waals surface area (Å²) in [5, 5.41) is 0. The Hall–Kier alpha value is -2.44. The number of sulfonamides is 1. The van der Waals surface area contributed by atoms with Gasteiger partial charge in [0.1, 0.15) is 5.75 Å². The lowest BCUT2D eigenvalue weighted by Gasteiger charge is -2.05. The molecule has 0 heterocycles. The Kier molecular flexibility index (Phi) is 6.50. The van der Waals surface area contributed by atoms with Gasteiger partial charge in [0.2, 0.25) is 10.0 Å². The number of methoxy groups -OCH3 is 1. The number of carbonyl (C=O) groups excluding carboxylic acids is 1. The third kappa shape index (κ3) is 5.27. The second kappa shape index (κ2) is 8.60. The van der Waals surface area contributed by atoms with Crippen molar-refractivity contribution in [3.63, 3.8) is 0 Å². The minimum Gasteiger partial charge on any atom is -0.497 e. The van der Waals surface area contributed by atoms with Crippen molar-refractivity contribution in [3.05, 3.63) is 65.7 Å². The van der Waals surface area contributed by atoms with Crippen LogP contribution in [0.1, 0.15) is 29.3 Å². The molecule has 0 unspecified atom stereocenters. The smallest absolute Gasteiger partial charge is 0.240 e. The molecule has 6 heteroatoms. The summed E-state index contributed by atoms with van der Waals surface area (Å²) in [6.45, 7) is 2.27. The summed E-state index contributed by atoms with van der Waals surface area (Å²) in [5.74, 6) is 0.511. The third-order valence-corrected chi connectivity index (χ3v) is 4.99. The van der Waals surface area contributed by atoms with Crippen molar-refractivity contribution in [2.45, 2.75) is 18.2 Å². The van der Waals surface area contributed by atoms with E-state index in [2.05, 4.69) is 4.72 Å². The number of hydrogen-bond acceptors (Lipinski definition) is 4. The van der Waals surface area contributed by atoms with Gasteiger partial charge in [-0.05, 0) is 54.5 Å². The monoisotopic (exact) mass is 359 g/mol. The number of rotatable bonds is 8. The zero-order valence-corrected chi connectivity index (χ0v) is 15.0. The standard InChI is InChI=1S/C19H21NO4S/c1-3-13-20-25(22,23)18-10-8-16(9-11-18)19(21)12-7-15-5-4-6-17(14-15)24-2/h4-12,14,20H,3,13H2,1-2H3/b12-7+. The molecule has 132 valence electrons. The maximum absolute atomic E-state index is 12.2. The number of benzene rings is 2. The summed E-state index contributed by atoms with van der Waals surface area (Å²) in [5.41, 5.74) is 1.27. The van der Waals surface area contributed by atoms with Crippen LogP contribution in [0.15, 0.2) is 59.5 Å². The van der Waals surface area contributed by atoms with Gasteiger partial charge >= 0.3 is 0 Å². The largest absolute Gasteiger partial charge is 0.497 e. The highest BCUT2D eigenvalue weighted by atomic mass is 32.2. The van der Waals surface area contributed by atoms with Crippen LogP contribution in [0.25, 0.3) is 6.08 Å². The van der Waals surface area contributed by atoms with Crippen LogP contribution in [0.5, 0.6) is 5.75 Å². The molecule has 0 saturated heterocycles. The van der Waals surface area contributed by atoms with Gasteiger partial charge in [-0.2, -0.15) is 0 Å². The molecule has 2 aromatic carbocycles. The number of ether oxygens (including phenoxy) is 1. The molecule has 0 aromatic heterocycles. The molecule has 2 rings (SSSR count). The fraction of sp³-hybridized carbons (Fsp3) is 0.211. The van der Waals surface area contributed by atoms with Crippen molar-refractivity contribution in [1.29, 1.82) is 0 Å². The van der Waals surface area contributed by atoms with Crippen LogP contribution >= 0.6 is 0 Å². The minimum absolute atomic E-state index is 0.147. The SMILES string of the molecule is CCCNS(=O)(=O)c1ccc(C(=O)/C=C/c2cccc(OC)c2)cc1. The first-order valence-corrected chi connectivity index (χ1v) is 9.41. The molecule has 0 fully saturated rings. The number of allylic oxidation sites excluding steroid dienone is 1. The van der Waals surface area contributed by atoms with E-state index in [-0.39, 0.29) is 10.7 Å². The first kappa shape index (κ1) is 18.9. The van der Waals surface area contributed by atoms with Crippen LogP contribution in [-0.4, -0.2) is 27.9 Å². The van der Waals surface area contributed by atoms with Crippen molar-refractivity contribution in [3.8, 4) is 5.75 Å². The van der Waals surface area contributed by atoms with Crippen LogP contribution in [0.3, 0.4) is 0 Å². The Morgan fingerprint density at radius 2 is 1.88 bits per heavy atom. The molecule has 0 bridgehead atoms. The fourth-order valence-electron chi connectivity index (χ4n) is 2.13. The lowest BCUT2D eigenvalue weighted by atomic mass is 10.1. The average molecular weight is 359 g/mol. The molecule has 0 spiro atoms. The van der Waals surface area contributed by atoms with Gasteiger partial charge in [-0.1, -0.05) is 25.1 Å². The molecule has 2 aromatic rings. The number of ketones is 1. The Balaban J connectivity index is 2.11. The van der Waals surface area contributed by atoms with Crippen molar-refractivity contribution >= 4 is 21.9 Å². The molecule has 1 N–H and O–H groups in total. The van der Waals surface area contributed by atoms with E-state index in [0.717, 1.165) is 5.56 Å². The van der Waals surface area contributed by atoms with Gasteiger partial charge < -0.3 is 4.74 Å². The molecule has 0 amide bonds. The van der Waals surface area contributed by atoms with Crippen molar-refractivity contribution < 1.29 is 17.9 Å². The molecule has 0 atom stereocenters. The number of hydrogen-bond donors (Lipinski definition) is 1. The first-order valence-electron chi connectivity index (χ1n) is 7.92. The lowest BCUT2D eigenvalue weighted by Crippen LogP contribution is -2.24. The van der Waals surface area contributed by atoms with E-state index in [9.17, 15) is 13.2 Å². The van der Waals surface area contributed by atoms with Crippen molar-refractivity contribution in [2.75, 3.05) is 13.7 Å². The predicted octanol–water partition coefficient (Wildman–Crippen LogP) is 3.28. The fourth-order valence-corrected chi connectivity index (χ4v) is 3.27. The van der Waals surface area contributed by atoms with E-state index < -0.39 is 10.0 Å². The second-order valence-electron chi connectivity index (χ2n) is 5.40. The lowest BCUT2D eigenvalue weighted by molar-refractivity contribution is 0.104. The average Bonchev–Trinajstić information content (AvgIpc) is 2.64. The van der Waals surface area contributed by atoms with Crippen molar-refractivity contribution in [1.82, 2.24) is 4.72 Å². The molecule has 0 aliphatic carbocycles. The summed E-state index contributed by atoms with van der Waals surface area (Å²) in [7, 11) is -1.94. The number of carbonyl (C=O) groups is 1. The predicted molar refractivity (Wildman–Crippen MR) is 98.3 cm³/mol. The molecule has 0 radical (unpaired) electrons. The van der Waals surface area contributed by atoms with E-state index in [4.69, 9.17) is 4.74 Å². The quantitative estimate of drug-likeness (QED) is 0.580. The van der Waals surface area contributed by atoms with Crippen LogP contribution in [0.2, 0.25) is 0 Å². The Morgan fingerprint density at radius 1 is 1.16 bits per heavy atom.